The predicted molar refractivity (Wildman–Crippen MR) is 163 cm³/mol. The SMILES string of the molecule is CCOCc1nc2c(N)nc3ccccc3c2n1[C@H](CC)COP(=O)(N[C@@H](C)C(=O)OC(C)(C)C)Oc1ccccc1. The van der Waals surface area contributed by atoms with Crippen LogP contribution in [0.1, 0.15) is 59.8 Å². The quantitative estimate of drug-likeness (QED) is 0.136. The molecule has 0 aliphatic carbocycles. The first-order valence-corrected chi connectivity index (χ1v) is 15.6. The fraction of sp³-hybridized carbons (Fsp3) is 0.433. The Hall–Kier alpha value is -3.50. The number of hydrogen-bond acceptors (Lipinski definition) is 9. The van der Waals surface area contributed by atoms with Crippen molar-refractivity contribution in [3.05, 3.63) is 60.4 Å². The van der Waals surface area contributed by atoms with Gasteiger partial charge in [0, 0.05) is 12.0 Å². The monoisotopic (exact) mass is 597 g/mol. The molecule has 4 aromatic rings. The summed E-state index contributed by atoms with van der Waals surface area (Å²) in [5, 5.41) is 3.64. The molecule has 0 amide bonds. The van der Waals surface area contributed by atoms with Gasteiger partial charge in [-0.2, -0.15) is 5.09 Å². The Morgan fingerprint density at radius 2 is 1.76 bits per heavy atom. The lowest BCUT2D eigenvalue weighted by molar-refractivity contribution is -0.156. The Bertz CT molecular complexity index is 1570. The fourth-order valence-electron chi connectivity index (χ4n) is 4.51. The number of esters is 1. The van der Waals surface area contributed by atoms with Crippen LogP contribution in [0.5, 0.6) is 5.75 Å². The number of nitrogens with two attached hydrogens (primary N) is 1. The second-order valence-electron chi connectivity index (χ2n) is 10.9. The van der Waals surface area contributed by atoms with Crippen LogP contribution in [0.3, 0.4) is 0 Å². The maximum absolute atomic E-state index is 14.2. The third kappa shape index (κ3) is 7.46. The second-order valence-corrected chi connectivity index (χ2v) is 12.6. The van der Waals surface area contributed by atoms with Gasteiger partial charge in [-0.05, 0) is 59.2 Å². The number of nitrogens with zero attached hydrogens (tertiary/aromatic N) is 3. The number of nitrogen functional groups attached to an aromatic ring is 1. The number of carbonyl (C=O) groups excluding carboxylic acids is 1. The average molecular weight is 598 g/mol. The Kier molecular flexibility index (Phi) is 9.89. The summed E-state index contributed by atoms with van der Waals surface area (Å²) in [5.74, 6) is 0.694. The number of nitrogens with one attached hydrogen (secondary N) is 1. The Balaban J connectivity index is 1.71. The number of benzene rings is 2. The lowest BCUT2D eigenvalue weighted by Crippen LogP contribution is -2.39. The molecular formula is C30H40N5O6P. The van der Waals surface area contributed by atoms with Gasteiger partial charge in [0.25, 0.3) is 0 Å². The minimum atomic E-state index is -4.09. The molecule has 0 bridgehead atoms. The summed E-state index contributed by atoms with van der Waals surface area (Å²) in [4.78, 5) is 22.1. The van der Waals surface area contributed by atoms with Gasteiger partial charge in [0.2, 0.25) is 0 Å². The highest BCUT2D eigenvalue weighted by molar-refractivity contribution is 7.52. The number of rotatable bonds is 13. The van der Waals surface area contributed by atoms with Gasteiger partial charge in [0.15, 0.2) is 5.82 Å². The van der Waals surface area contributed by atoms with Gasteiger partial charge < -0.3 is 24.3 Å². The summed E-state index contributed by atoms with van der Waals surface area (Å²) in [6, 6.07) is 15.0. The van der Waals surface area contributed by atoms with E-state index < -0.39 is 25.4 Å². The molecule has 12 heteroatoms. The van der Waals surface area contributed by atoms with Crippen molar-refractivity contribution in [2.24, 2.45) is 0 Å². The van der Waals surface area contributed by atoms with Gasteiger partial charge in [0.05, 0.1) is 23.7 Å². The van der Waals surface area contributed by atoms with Crippen LogP contribution in [0.4, 0.5) is 5.82 Å². The van der Waals surface area contributed by atoms with Crippen LogP contribution >= 0.6 is 7.75 Å². The minimum absolute atomic E-state index is 0.0320. The van der Waals surface area contributed by atoms with Gasteiger partial charge >= 0.3 is 13.7 Å². The molecule has 1 unspecified atom stereocenters. The zero-order valence-electron chi connectivity index (χ0n) is 25.0. The third-order valence-electron chi connectivity index (χ3n) is 6.42. The Morgan fingerprint density at radius 3 is 2.43 bits per heavy atom. The lowest BCUT2D eigenvalue weighted by Gasteiger charge is -2.27. The molecule has 0 saturated carbocycles. The highest BCUT2D eigenvalue weighted by atomic mass is 31.2. The summed E-state index contributed by atoms with van der Waals surface area (Å²) < 4.78 is 39.4. The molecule has 0 aliphatic heterocycles. The zero-order valence-corrected chi connectivity index (χ0v) is 25.9. The standard InChI is InChI=1S/C30H40N5O6P/c1-7-21(35-25(19-38-8-2)33-26-27(35)23-16-12-13-17-24(23)32-28(26)31)18-39-42(37,41-22-14-10-9-11-15-22)34-20(3)29(36)40-30(4,5)6/h9-17,20-21H,7-8,18-19H2,1-6H3,(H2,31,32)(H,34,37)/t20-,21+,42?/m0/s1. The molecule has 2 aromatic carbocycles. The van der Waals surface area contributed by atoms with Crippen molar-refractivity contribution in [2.45, 2.75) is 72.3 Å². The van der Waals surface area contributed by atoms with Crippen molar-refractivity contribution >= 4 is 41.5 Å². The van der Waals surface area contributed by atoms with Gasteiger partial charge in [-0.25, -0.2) is 14.5 Å². The van der Waals surface area contributed by atoms with Crippen LogP contribution in [0.2, 0.25) is 0 Å². The number of pyridine rings is 1. The number of para-hydroxylation sites is 2. The number of aromatic nitrogens is 3. The first-order chi connectivity index (χ1) is 19.9. The van der Waals surface area contributed by atoms with Crippen LogP contribution in [0, 0.1) is 0 Å². The molecule has 4 rings (SSSR count). The maximum atomic E-state index is 14.2. The molecule has 11 nitrogen and oxygen atoms in total. The van der Waals surface area contributed by atoms with E-state index >= 15 is 0 Å². The second kappa shape index (κ2) is 13.2. The molecule has 0 radical (unpaired) electrons. The number of anilines is 1. The molecule has 2 heterocycles. The van der Waals surface area contributed by atoms with Gasteiger partial charge in [-0.15, -0.1) is 0 Å². The van der Waals surface area contributed by atoms with Crippen LogP contribution in [-0.4, -0.2) is 45.4 Å². The smallest absolute Gasteiger partial charge is 0.459 e. The van der Waals surface area contributed by atoms with Gasteiger partial charge in [0.1, 0.15) is 35.3 Å². The highest BCUT2D eigenvalue weighted by Crippen LogP contribution is 2.46. The molecule has 42 heavy (non-hydrogen) atoms. The molecule has 2 aromatic heterocycles. The van der Waals surface area contributed by atoms with E-state index in [1.807, 2.05) is 48.7 Å². The number of fused-ring (bicyclic) bond motifs is 3. The summed E-state index contributed by atoms with van der Waals surface area (Å²) >= 11 is 0. The Labute approximate surface area is 246 Å². The van der Waals surface area contributed by atoms with Crippen LogP contribution < -0.4 is 15.3 Å². The lowest BCUT2D eigenvalue weighted by atomic mass is 10.1. The van der Waals surface area contributed by atoms with E-state index in [2.05, 4.69) is 10.1 Å². The Morgan fingerprint density at radius 1 is 1.07 bits per heavy atom. The first kappa shape index (κ1) is 31.4. The maximum Gasteiger partial charge on any atom is 0.459 e. The molecule has 3 atom stereocenters. The van der Waals surface area contributed by atoms with Crippen molar-refractivity contribution in [3.8, 4) is 5.75 Å². The molecular weight excluding hydrogens is 557 g/mol. The van der Waals surface area contributed by atoms with E-state index in [1.54, 1.807) is 52.0 Å². The van der Waals surface area contributed by atoms with E-state index in [1.165, 1.54) is 0 Å². The minimum Gasteiger partial charge on any atom is -0.459 e. The molecule has 0 saturated heterocycles. The van der Waals surface area contributed by atoms with Crippen molar-refractivity contribution in [1.29, 1.82) is 0 Å². The van der Waals surface area contributed by atoms with E-state index in [0.29, 0.717) is 35.9 Å². The molecule has 0 aliphatic rings. The molecule has 0 fully saturated rings. The van der Waals surface area contributed by atoms with Crippen molar-refractivity contribution < 1.29 is 27.9 Å². The van der Waals surface area contributed by atoms with Crippen molar-refractivity contribution in [3.63, 3.8) is 0 Å². The van der Waals surface area contributed by atoms with Crippen LogP contribution in [-0.2, 0) is 30.0 Å². The molecule has 226 valence electrons. The van der Waals surface area contributed by atoms with Gasteiger partial charge in [-0.1, -0.05) is 43.3 Å². The van der Waals surface area contributed by atoms with Crippen molar-refractivity contribution in [2.75, 3.05) is 18.9 Å². The molecule has 0 spiro atoms. The van der Waals surface area contributed by atoms with Gasteiger partial charge in [-0.3, -0.25) is 9.32 Å². The van der Waals surface area contributed by atoms with Crippen LogP contribution in [0.15, 0.2) is 54.6 Å². The number of ether oxygens (including phenoxy) is 2. The summed E-state index contributed by atoms with van der Waals surface area (Å²) in [6.07, 6.45) is 0.591. The highest BCUT2D eigenvalue weighted by Gasteiger charge is 2.35. The number of carbonyl (C=O) groups is 1. The molecule has 3 N–H and O–H groups in total. The summed E-state index contributed by atoms with van der Waals surface area (Å²) in [6.45, 7) is 11.5. The largest absolute Gasteiger partial charge is 0.459 e. The van der Waals surface area contributed by atoms with E-state index in [9.17, 15) is 9.36 Å². The third-order valence-corrected chi connectivity index (χ3v) is 8.06. The summed E-state index contributed by atoms with van der Waals surface area (Å²) in [7, 11) is -4.09. The summed E-state index contributed by atoms with van der Waals surface area (Å²) in [5.41, 5.74) is 7.71. The number of hydrogen-bond donors (Lipinski definition) is 2. The van der Waals surface area contributed by atoms with E-state index in [-0.39, 0.29) is 19.3 Å². The van der Waals surface area contributed by atoms with Crippen LogP contribution in [0.25, 0.3) is 21.9 Å². The van der Waals surface area contributed by atoms with E-state index in [0.717, 1.165) is 16.4 Å². The van der Waals surface area contributed by atoms with E-state index in [4.69, 9.17) is 29.2 Å². The number of imidazole rings is 1. The fourth-order valence-corrected chi connectivity index (χ4v) is 6.03. The normalized spacial score (nSPS) is 14.9. The first-order valence-electron chi connectivity index (χ1n) is 14.1. The zero-order chi connectivity index (χ0) is 30.5. The van der Waals surface area contributed by atoms with Crippen molar-refractivity contribution in [1.82, 2.24) is 19.6 Å². The predicted octanol–water partition coefficient (Wildman–Crippen LogP) is 6.18. The topological polar surface area (TPSA) is 140 Å². The average Bonchev–Trinajstić information content (AvgIpc) is 3.32.